The van der Waals surface area contributed by atoms with E-state index in [9.17, 15) is 17.8 Å². The third-order valence-electron chi connectivity index (χ3n) is 5.99. The van der Waals surface area contributed by atoms with Gasteiger partial charge < -0.3 is 10.2 Å². The topological polar surface area (TPSA) is 166 Å². The zero-order valence-electron chi connectivity index (χ0n) is 21.9. The fourth-order valence-corrected chi connectivity index (χ4v) is 4.91. The average molecular weight is 626 g/mol. The van der Waals surface area contributed by atoms with Crippen molar-refractivity contribution in [3.05, 3.63) is 83.1 Å². The average Bonchev–Trinajstić information content (AvgIpc) is 3.23. The zero-order valence-corrected chi connectivity index (χ0v) is 24.2. The summed E-state index contributed by atoms with van der Waals surface area (Å²) in [5.74, 6) is -0.239. The molecule has 0 unspecified atom stereocenters. The lowest BCUT2D eigenvalue weighted by atomic mass is 10.2. The third kappa shape index (κ3) is 6.21. The maximum atomic E-state index is 13.1. The molecule has 1 aliphatic heterocycles. The molecule has 0 saturated carbocycles. The second-order valence-corrected chi connectivity index (χ2v) is 11.0. The number of carbonyl (C=O) groups is 1. The number of hydrazone groups is 1. The first kappa shape index (κ1) is 29.0. The molecule has 3 aromatic carbocycles. The van der Waals surface area contributed by atoms with Crippen molar-refractivity contribution in [3.63, 3.8) is 0 Å². The first-order chi connectivity index (χ1) is 20.0. The fraction of sp³-hybridized carbons (Fsp3) is 0.115. The molecule has 13 nitrogen and oxygen atoms in total. The molecule has 5 rings (SSSR count). The van der Waals surface area contributed by atoms with Crippen LogP contribution in [0.4, 0.5) is 34.6 Å². The van der Waals surface area contributed by atoms with Gasteiger partial charge >= 0.3 is 0 Å². The Bertz CT molecular complexity index is 1840. The van der Waals surface area contributed by atoms with Crippen LogP contribution in [-0.4, -0.2) is 52.6 Å². The number of anilines is 5. The van der Waals surface area contributed by atoms with Crippen molar-refractivity contribution in [3.8, 4) is 0 Å². The molecule has 2 heterocycles. The highest BCUT2D eigenvalue weighted by Gasteiger charge is 2.35. The number of hydrogen-bond acceptors (Lipinski definition) is 11. The van der Waals surface area contributed by atoms with Crippen LogP contribution in [0.5, 0.6) is 0 Å². The Morgan fingerprint density at radius 1 is 1.00 bits per heavy atom. The number of halogens is 2. The van der Waals surface area contributed by atoms with E-state index in [-0.39, 0.29) is 28.6 Å². The van der Waals surface area contributed by atoms with Gasteiger partial charge in [0.15, 0.2) is 6.04 Å². The van der Waals surface area contributed by atoms with E-state index < -0.39 is 27.0 Å². The Hall–Kier alpha value is -4.50. The summed E-state index contributed by atoms with van der Waals surface area (Å²) in [4.78, 5) is 26.9. The zero-order chi connectivity index (χ0) is 30.0. The number of rotatable bonds is 8. The molecule has 214 valence electrons. The van der Waals surface area contributed by atoms with E-state index in [0.717, 1.165) is 16.8 Å². The van der Waals surface area contributed by atoms with Gasteiger partial charge in [0.05, 0.1) is 16.4 Å². The lowest BCUT2D eigenvalue weighted by Crippen LogP contribution is -2.29. The molecule has 0 aliphatic carbocycles. The second-order valence-electron chi connectivity index (χ2n) is 8.87. The summed E-state index contributed by atoms with van der Waals surface area (Å²) in [6.07, 6.45) is 0. The van der Waals surface area contributed by atoms with Gasteiger partial charge in [0.1, 0.15) is 10.6 Å². The van der Waals surface area contributed by atoms with Crippen LogP contribution in [0, 0.1) is 0 Å². The Morgan fingerprint density at radius 3 is 2.43 bits per heavy atom. The summed E-state index contributed by atoms with van der Waals surface area (Å²) in [7, 11) is -2.95. The van der Waals surface area contributed by atoms with Gasteiger partial charge in [-0.05, 0) is 61.0 Å². The van der Waals surface area contributed by atoms with Crippen LogP contribution in [0.2, 0.25) is 10.3 Å². The molecule has 0 saturated heterocycles. The summed E-state index contributed by atoms with van der Waals surface area (Å²) < 4.78 is 34.0. The fourth-order valence-electron chi connectivity index (χ4n) is 3.94. The molecule has 0 bridgehead atoms. The Kier molecular flexibility index (Phi) is 8.13. The Morgan fingerprint density at radius 2 is 1.71 bits per heavy atom. The maximum Gasteiger partial charge on any atom is 0.296 e. The van der Waals surface area contributed by atoms with Gasteiger partial charge in [0.25, 0.3) is 16.0 Å². The molecule has 0 spiro atoms. The molecule has 1 aromatic heterocycles. The van der Waals surface area contributed by atoms with Crippen LogP contribution >= 0.6 is 23.2 Å². The van der Waals surface area contributed by atoms with E-state index in [1.54, 1.807) is 43.1 Å². The van der Waals surface area contributed by atoms with Gasteiger partial charge in [-0.3, -0.25) is 9.35 Å². The number of amides is 1. The lowest BCUT2D eigenvalue weighted by Gasteiger charge is -2.17. The van der Waals surface area contributed by atoms with Gasteiger partial charge in [-0.1, -0.05) is 41.9 Å². The standard InChI is InChI=1S/C26H21Cl2N9O4S/c1-15-22(23(38)37(35-15)20-11-7-6-10-18(20)27)34-33-19-14-16(12-13-21(19)42(39,40)41)29-25-30-24(28)31-26(32-25)36(2)17-8-4-3-5-9-17/h3-14,22H,1-2H3,(H,39,40,41)(H,29,30,31,32)/t22-/m1/s1. The van der Waals surface area contributed by atoms with Gasteiger partial charge in [0.2, 0.25) is 17.2 Å². The van der Waals surface area contributed by atoms with Crippen molar-refractivity contribution >= 4 is 79.6 Å². The predicted octanol–water partition coefficient (Wildman–Crippen LogP) is 5.81. The SMILES string of the molecule is CC1=NN(c2ccccc2Cl)C(=O)[C@@H]1N=Nc1cc(Nc2nc(Cl)nc(N(C)c3ccccc3)n2)ccc1S(=O)(=O)O. The highest BCUT2D eigenvalue weighted by molar-refractivity contribution is 7.86. The van der Waals surface area contributed by atoms with Crippen molar-refractivity contribution in [2.45, 2.75) is 17.9 Å². The van der Waals surface area contributed by atoms with Crippen LogP contribution in [0.1, 0.15) is 6.92 Å². The molecule has 4 aromatic rings. The molecular weight excluding hydrogens is 605 g/mol. The van der Waals surface area contributed by atoms with Gasteiger partial charge in [-0.25, -0.2) is 0 Å². The first-order valence-electron chi connectivity index (χ1n) is 12.1. The smallest absolute Gasteiger partial charge is 0.296 e. The lowest BCUT2D eigenvalue weighted by molar-refractivity contribution is -0.117. The normalized spacial score (nSPS) is 15.3. The highest BCUT2D eigenvalue weighted by Crippen LogP contribution is 2.32. The van der Waals surface area contributed by atoms with Crippen LogP contribution in [-0.2, 0) is 14.9 Å². The monoisotopic (exact) mass is 625 g/mol. The van der Waals surface area contributed by atoms with Crippen molar-refractivity contribution in [2.75, 3.05) is 22.3 Å². The van der Waals surface area contributed by atoms with Crippen molar-refractivity contribution in [1.29, 1.82) is 0 Å². The second kappa shape index (κ2) is 11.8. The molecule has 2 N–H and O–H groups in total. The van der Waals surface area contributed by atoms with E-state index in [1.165, 1.54) is 12.1 Å². The summed E-state index contributed by atoms with van der Waals surface area (Å²) in [5.41, 5.74) is 1.51. The van der Waals surface area contributed by atoms with Crippen molar-refractivity contribution in [2.24, 2.45) is 15.3 Å². The van der Waals surface area contributed by atoms with Crippen LogP contribution in [0.25, 0.3) is 0 Å². The number of benzene rings is 3. The van der Waals surface area contributed by atoms with E-state index in [0.29, 0.717) is 16.4 Å². The number of hydrogen-bond donors (Lipinski definition) is 2. The van der Waals surface area contributed by atoms with Gasteiger partial charge in [-0.2, -0.15) is 43.7 Å². The van der Waals surface area contributed by atoms with Crippen LogP contribution in [0.3, 0.4) is 0 Å². The summed E-state index contributed by atoms with van der Waals surface area (Å²) in [6.45, 7) is 1.58. The minimum absolute atomic E-state index is 0.0552. The first-order valence-corrected chi connectivity index (χ1v) is 14.3. The molecule has 1 aliphatic rings. The number of aromatic nitrogens is 3. The van der Waals surface area contributed by atoms with Crippen LogP contribution < -0.4 is 15.2 Å². The highest BCUT2D eigenvalue weighted by atomic mass is 35.5. The number of nitrogens with one attached hydrogen (secondary N) is 1. The summed E-state index contributed by atoms with van der Waals surface area (Å²) in [6, 6.07) is 18.6. The van der Waals surface area contributed by atoms with Gasteiger partial charge in [-0.15, -0.1) is 0 Å². The Balaban J connectivity index is 1.44. The number of azo groups is 1. The molecule has 1 amide bonds. The largest absolute Gasteiger partial charge is 0.324 e. The molecule has 1 atom stereocenters. The molecular formula is C26H21Cl2N9O4S. The van der Waals surface area contributed by atoms with Crippen molar-refractivity contribution in [1.82, 2.24) is 15.0 Å². The van der Waals surface area contributed by atoms with E-state index in [1.807, 2.05) is 30.3 Å². The maximum absolute atomic E-state index is 13.1. The van der Waals surface area contributed by atoms with Gasteiger partial charge in [0, 0.05) is 18.4 Å². The minimum Gasteiger partial charge on any atom is -0.324 e. The Labute approximate surface area is 250 Å². The molecule has 42 heavy (non-hydrogen) atoms. The third-order valence-corrected chi connectivity index (χ3v) is 7.38. The number of para-hydroxylation sites is 2. The van der Waals surface area contributed by atoms with E-state index in [2.05, 4.69) is 35.6 Å². The summed E-state index contributed by atoms with van der Waals surface area (Å²) in [5, 5.41) is 16.6. The van der Waals surface area contributed by atoms with E-state index >= 15 is 0 Å². The summed E-state index contributed by atoms with van der Waals surface area (Å²) >= 11 is 12.4. The molecule has 0 radical (unpaired) electrons. The number of nitrogens with zero attached hydrogens (tertiary/aromatic N) is 8. The van der Waals surface area contributed by atoms with Crippen molar-refractivity contribution < 1.29 is 17.8 Å². The van der Waals surface area contributed by atoms with Crippen LogP contribution in [0.15, 0.2) is 93.0 Å². The quantitative estimate of drug-likeness (QED) is 0.181. The van der Waals surface area contributed by atoms with E-state index in [4.69, 9.17) is 23.2 Å². The molecule has 0 fully saturated rings. The minimum atomic E-state index is -4.70. The number of carbonyl (C=O) groups excluding carboxylic acids is 1. The molecule has 16 heteroatoms. The predicted molar refractivity (Wildman–Crippen MR) is 159 cm³/mol.